The lowest BCUT2D eigenvalue weighted by Crippen LogP contribution is -2.52. The van der Waals surface area contributed by atoms with Crippen LogP contribution in [0.3, 0.4) is 0 Å². The molecule has 1 aliphatic carbocycles. The van der Waals surface area contributed by atoms with Crippen molar-refractivity contribution in [2.75, 3.05) is 26.2 Å². The van der Waals surface area contributed by atoms with Gasteiger partial charge in [0.25, 0.3) is 0 Å². The van der Waals surface area contributed by atoms with Gasteiger partial charge in [0.2, 0.25) is 0 Å². The molecule has 3 aliphatic heterocycles. The van der Waals surface area contributed by atoms with Crippen LogP contribution in [0.4, 0.5) is 9.18 Å². The molecule has 4 heterocycles. The van der Waals surface area contributed by atoms with Crippen molar-refractivity contribution in [3.05, 3.63) is 34.8 Å². The van der Waals surface area contributed by atoms with Gasteiger partial charge >= 0.3 is 6.03 Å². The molecule has 0 bridgehead atoms. The van der Waals surface area contributed by atoms with Crippen LogP contribution in [-0.4, -0.2) is 52.4 Å². The van der Waals surface area contributed by atoms with E-state index in [1.54, 1.807) is 6.92 Å². The Morgan fingerprint density at radius 3 is 2.67 bits per heavy atom. The fourth-order valence-corrected chi connectivity index (χ4v) is 6.43. The van der Waals surface area contributed by atoms with E-state index in [9.17, 15) is 4.79 Å². The first-order valence-corrected chi connectivity index (χ1v) is 13.5. The molecule has 2 amide bonds. The number of halogens is 1. The SMILES string of the molecule is Cc1ccc2c(c1F)OC1(CCN(C(=O)NCC3CC3)CC1)c1c-2nn(C2CCNC(C)(C)C2)c1C. The largest absolute Gasteiger partial charge is 0.478 e. The summed E-state index contributed by atoms with van der Waals surface area (Å²) in [6.45, 7) is 11.2. The third-order valence-corrected chi connectivity index (χ3v) is 8.72. The Hall–Kier alpha value is -2.61. The van der Waals surface area contributed by atoms with E-state index < -0.39 is 5.60 Å². The summed E-state index contributed by atoms with van der Waals surface area (Å²) in [7, 11) is 0. The number of aryl methyl sites for hydroxylation is 1. The van der Waals surface area contributed by atoms with E-state index in [0.717, 1.165) is 48.4 Å². The Morgan fingerprint density at radius 2 is 1.97 bits per heavy atom. The van der Waals surface area contributed by atoms with E-state index in [0.29, 0.717) is 43.2 Å². The van der Waals surface area contributed by atoms with Crippen molar-refractivity contribution in [2.24, 2.45) is 5.92 Å². The second kappa shape index (κ2) is 8.47. The number of nitrogens with one attached hydrogen (secondary N) is 2. The molecule has 8 heteroatoms. The summed E-state index contributed by atoms with van der Waals surface area (Å²) in [5, 5.41) is 11.9. The van der Waals surface area contributed by atoms with Crippen molar-refractivity contribution >= 4 is 6.03 Å². The van der Waals surface area contributed by atoms with Gasteiger partial charge < -0.3 is 20.3 Å². The van der Waals surface area contributed by atoms with Crippen molar-refractivity contribution in [3.63, 3.8) is 0 Å². The number of rotatable bonds is 3. The minimum absolute atomic E-state index is 0.000405. The number of benzene rings is 1. The number of hydrogen-bond donors (Lipinski definition) is 2. The van der Waals surface area contributed by atoms with Gasteiger partial charge in [0.05, 0.1) is 6.04 Å². The summed E-state index contributed by atoms with van der Waals surface area (Å²) in [5.74, 6) is 0.646. The van der Waals surface area contributed by atoms with Crippen LogP contribution in [0.1, 0.15) is 75.2 Å². The van der Waals surface area contributed by atoms with Gasteiger partial charge in [0, 0.05) is 54.8 Å². The first-order chi connectivity index (χ1) is 17.2. The Morgan fingerprint density at radius 1 is 1.22 bits per heavy atom. The number of amides is 2. The van der Waals surface area contributed by atoms with E-state index in [1.807, 2.05) is 17.0 Å². The van der Waals surface area contributed by atoms with Crippen molar-refractivity contribution in [1.82, 2.24) is 25.3 Å². The highest BCUT2D eigenvalue weighted by Crippen LogP contribution is 2.52. The molecule has 2 saturated heterocycles. The quantitative estimate of drug-likeness (QED) is 0.641. The molecule has 194 valence electrons. The number of fused-ring (bicyclic) bond motifs is 4. The molecule has 2 N–H and O–H groups in total. The first-order valence-electron chi connectivity index (χ1n) is 13.5. The summed E-state index contributed by atoms with van der Waals surface area (Å²) in [4.78, 5) is 14.7. The van der Waals surface area contributed by atoms with Crippen LogP contribution in [0.5, 0.6) is 5.75 Å². The highest BCUT2D eigenvalue weighted by molar-refractivity contribution is 5.76. The lowest BCUT2D eigenvalue weighted by molar-refractivity contribution is 0.00135. The lowest BCUT2D eigenvalue weighted by atomic mass is 9.79. The molecule has 36 heavy (non-hydrogen) atoms. The number of piperidine rings is 2. The molecule has 4 aliphatic rings. The molecule has 1 aromatic heterocycles. The molecule has 1 unspecified atom stereocenters. The zero-order valence-corrected chi connectivity index (χ0v) is 21.9. The number of urea groups is 1. The maximum absolute atomic E-state index is 15.4. The van der Waals surface area contributed by atoms with Crippen LogP contribution in [0, 0.1) is 25.6 Å². The number of hydrogen-bond acceptors (Lipinski definition) is 4. The number of carbonyl (C=O) groups is 1. The smallest absolute Gasteiger partial charge is 0.317 e. The van der Waals surface area contributed by atoms with Gasteiger partial charge in [-0.1, -0.05) is 6.07 Å². The van der Waals surface area contributed by atoms with Crippen LogP contribution in [0.15, 0.2) is 12.1 Å². The van der Waals surface area contributed by atoms with Gasteiger partial charge in [0.1, 0.15) is 11.3 Å². The molecule has 6 rings (SSSR count). The van der Waals surface area contributed by atoms with E-state index >= 15 is 4.39 Å². The number of ether oxygens (including phenoxy) is 1. The minimum atomic E-state index is -0.686. The number of carbonyl (C=O) groups excluding carboxylic acids is 1. The summed E-state index contributed by atoms with van der Waals surface area (Å²) < 4.78 is 24.3. The lowest BCUT2D eigenvalue weighted by Gasteiger charge is -2.44. The predicted molar refractivity (Wildman–Crippen MR) is 137 cm³/mol. The summed E-state index contributed by atoms with van der Waals surface area (Å²) >= 11 is 0. The zero-order valence-electron chi connectivity index (χ0n) is 21.9. The molecular formula is C28H38FN5O2. The molecule has 1 aromatic carbocycles. The van der Waals surface area contributed by atoms with Crippen molar-refractivity contribution < 1.29 is 13.9 Å². The van der Waals surface area contributed by atoms with Gasteiger partial charge in [-0.2, -0.15) is 5.10 Å². The topological polar surface area (TPSA) is 71.4 Å². The molecule has 2 aromatic rings. The van der Waals surface area contributed by atoms with Crippen LogP contribution in [-0.2, 0) is 5.60 Å². The number of aromatic nitrogens is 2. The minimum Gasteiger partial charge on any atom is -0.478 e. The maximum atomic E-state index is 15.4. The normalized spacial score (nSPS) is 24.1. The van der Waals surface area contributed by atoms with Gasteiger partial charge in [-0.05, 0) is 77.5 Å². The van der Waals surface area contributed by atoms with Crippen molar-refractivity contribution in [3.8, 4) is 17.0 Å². The van der Waals surface area contributed by atoms with E-state index in [2.05, 4.69) is 36.1 Å². The average Bonchev–Trinajstić information content (AvgIpc) is 3.61. The highest BCUT2D eigenvalue weighted by Gasteiger charge is 2.49. The Balaban J connectivity index is 1.36. The fourth-order valence-electron chi connectivity index (χ4n) is 6.43. The Kier molecular flexibility index (Phi) is 5.59. The molecule has 7 nitrogen and oxygen atoms in total. The molecule has 1 saturated carbocycles. The van der Waals surface area contributed by atoms with Crippen LogP contribution in [0.25, 0.3) is 11.3 Å². The second-order valence-electron chi connectivity index (χ2n) is 12.0. The van der Waals surface area contributed by atoms with Crippen molar-refractivity contribution in [2.45, 2.75) is 83.4 Å². The van der Waals surface area contributed by atoms with Crippen LogP contribution >= 0.6 is 0 Å². The van der Waals surface area contributed by atoms with Gasteiger partial charge in [-0.15, -0.1) is 0 Å². The van der Waals surface area contributed by atoms with E-state index in [-0.39, 0.29) is 23.4 Å². The monoisotopic (exact) mass is 495 g/mol. The molecule has 0 radical (unpaired) electrons. The highest BCUT2D eigenvalue weighted by atomic mass is 19.1. The van der Waals surface area contributed by atoms with E-state index in [4.69, 9.17) is 9.84 Å². The van der Waals surface area contributed by atoms with Gasteiger partial charge in [0.15, 0.2) is 11.6 Å². The first kappa shape index (κ1) is 23.8. The molecule has 1 atom stereocenters. The predicted octanol–water partition coefficient (Wildman–Crippen LogP) is 4.81. The second-order valence-corrected chi connectivity index (χ2v) is 12.0. The third-order valence-electron chi connectivity index (χ3n) is 8.72. The summed E-state index contributed by atoms with van der Waals surface area (Å²) in [5.41, 5.74) is 3.68. The van der Waals surface area contributed by atoms with Crippen LogP contribution < -0.4 is 15.4 Å². The summed E-state index contributed by atoms with van der Waals surface area (Å²) in [6.07, 6.45) is 5.64. The number of nitrogens with zero attached hydrogens (tertiary/aromatic N) is 3. The fraction of sp³-hybridized carbons (Fsp3) is 0.643. The molecular weight excluding hydrogens is 457 g/mol. The van der Waals surface area contributed by atoms with Crippen molar-refractivity contribution in [1.29, 1.82) is 0 Å². The standard InChI is InChI=1S/C28H38FN5O2/c1-17-5-8-21-24-22(18(2)34(32-24)20-9-12-31-27(3,4)15-20)28(36-25(21)23(17)29)10-13-33(14-11-28)26(35)30-16-19-6-7-19/h5,8,19-20,31H,6-7,9-16H2,1-4H3,(H,30,35). The Labute approximate surface area is 212 Å². The van der Waals surface area contributed by atoms with Gasteiger partial charge in [-0.25, -0.2) is 9.18 Å². The molecule has 1 spiro atoms. The number of likely N-dealkylation sites (tertiary alicyclic amines) is 1. The maximum Gasteiger partial charge on any atom is 0.317 e. The summed E-state index contributed by atoms with van der Waals surface area (Å²) in [6, 6.07) is 4.03. The zero-order chi connectivity index (χ0) is 25.2. The average molecular weight is 496 g/mol. The van der Waals surface area contributed by atoms with Crippen LogP contribution in [0.2, 0.25) is 0 Å². The van der Waals surface area contributed by atoms with E-state index in [1.165, 1.54) is 12.8 Å². The molecule has 3 fully saturated rings. The third kappa shape index (κ3) is 3.98. The van der Waals surface area contributed by atoms with Gasteiger partial charge in [-0.3, -0.25) is 4.68 Å². The Bertz CT molecular complexity index is 1190.